The van der Waals surface area contributed by atoms with Crippen LogP contribution in [0.2, 0.25) is 5.02 Å². The number of fused-ring (bicyclic) bond motifs is 1. The van der Waals surface area contributed by atoms with Crippen LogP contribution in [0.4, 0.5) is 4.39 Å². The topological polar surface area (TPSA) is 75.3 Å². The van der Waals surface area contributed by atoms with Gasteiger partial charge in [0.25, 0.3) is 15.9 Å². The van der Waals surface area contributed by atoms with Crippen LogP contribution in [0, 0.1) is 5.82 Å². The highest BCUT2D eigenvalue weighted by Gasteiger charge is 2.20. The number of hydrogen-bond donors (Lipinski definition) is 2. The van der Waals surface area contributed by atoms with E-state index in [-0.39, 0.29) is 14.8 Å². The molecule has 0 unspecified atom stereocenters. The molecule has 0 spiro atoms. The van der Waals surface area contributed by atoms with Gasteiger partial charge in [0.05, 0.1) is 9.92 Å². The lowest BCUT2D eigenvalue weighted by atomic mass is 10.2. The van der Waals surface area contributed by atoms with Crippen LogP contribution < -0.4 is 10.3 Å². The zero-order chi connectivity index (χ0) is 17.3. The molecule has 0 aliphatic rings. The second kappa shape index (κ2) is 6.48. The monoisotopic (exact) mass is 384 g/mol. The van der Waals surface area contributed by atoms with Gasteiger partial charge in [0.1, 0.15) is 10.7 Å². The summed E-state index contributed by atoms with van der Waals surface area (Å²) in [5.41, 5.74) is 2.11. The molecule has 0 saturated carbocycles. The number of carbonyl (C=O) groups is 1. The van der Waals surface area contributed by atoms with E-state index in [1.165, 1.54) is 0 Å². The number of sulfonamides is 1. The smallest absolute Gasteiger partial charge is 0.273 e. The van der Waals surface area contributed by atoms with Crippen molar-refractivity contribution in [2.75, 3.05) is 0 Å². The molecule has 124 valence electrons. The van der Waals surface area contributed by atoms with Crippen molar-refractivity contribution in [2.24, 2.45) is 0 Å². The van der Waals surface area contributed by atoms with E-state index in [2.05, 4.69) is 5.43 Å². The lowest BCUT2D eigenvalue weighted by Gasteiger charge is -2.07. The number of hydrogen-bond acceptors (Lipinski definition) is 4. The fourth-order valence-corrected chi connectivity index (χ4v) is 4.25. The molecule has 0 fully saturated rings. The van der Waals surface area contributed by atoms with Crippen LogP contribution in [-0.4, -0.2) is 14.3 Å². The Kier molecular flexibility index (Phi) is 4.55. The van der Waals surface area contributed by atoms with Crippen molar-refractivity contribution < 1.29 is 17.6 Å². The average Bonchev–Trinajstić information content (AvgIpc) is 2.91. The SMILES string of the molecule is O=C(NNS(=O)(=O)c1ccc(F)cc1)c1sc2ccccc2c1Cl. The van der Waals surface area contributed by atoms with Gasteiger partial charge in [-0.15, -0.1) is 16.2 Å². The molecule has 0 atom stereocenters. The van der Waals surface area contributed by atoms with Crippen LogP contribution in [0.5, 0.6) is 0 Å². The quantitative estimate of drug-likeness (QED) is 0.677. The number of benzene rings is 2. The lowest BCUT2D eigenvalue weighted by Crippen LogP contribution is -2.41. The van der Waals surface area contributed by atoms with Crippen LogP contribution in [0.3, 0.4) is 0 Å². The van der Waals surface area contributed by atoms with Gasteiger partial charge in [-0.1, -0.05) is 29.8 Å². The van der Waals surface area contributed by atoms with Gasteiger partial charge >= 0.3 is 0 Å². The second-order valence-corrected chi connectivity index (χ2v) is 7.87. The maximum absolute atomic E-state index is 12.9. The number of thiophene rings is 1. The molecule has 2 aromatic carbocycles. The number of halogens is 2. The molecule has 24 heavy (non-hydrogen) atoms. The van der Waals surface area contributed by atoms with Crippen molar-refractivity contribution in [3.8, 4) is 0 Å². The Morgan fingerprint density at radius 2 is 1.75 bits per heavy atom. The molecule has 1 aromatic heterocycles. The highest BCUT2D eigenvalue weighted by atomic mass is 35.5. The van der Waals surface area contributed by atoms with Gasteiger partial charge in [-0.05, 0) is 30.3 Å². The van der Waals surface area contributed by atoms with E-state index in [1.807, 2.05) is 17.0 Å². The van der Waals surface area contributed by atoms with Gasteiger partial charge in [0.15, 0.2) is 0 Å². The van der Waals surface area contributed by atoms with Gasteiger partial charge in [-0.25, -0.2) is 12.8 Å². The zero-order valence-corrected chi connectivity index (χ0v) is 14.3. The summed E-state index contributed by atoms with van der Waals surface area (Å²) in [7, 11) is -4.01. The van der Waals surface area contributed by atoms with Crippen molar-refractivity contribution in [2.45, 2.75) is 4.90 Å². The van der Waals surface area contributed by atoms with E-state index in [0.717, 1.165) is 45.7 Å². The minimum Gasteiger partial charge on any atom is -0.273 e. The average molecular weight is 385 g/mol. The third-order valence-corrected chi connectivity index (χ3v) is 6.10. The van der Waals surface area contributed by atoms with E-state index < -0.39 is 21.7 Å². The summed E-state index contributed by atoms with van der Waals surface area (Å²) in [6, 6.07) is 11.4. The third-order valence-electron chi connectivity index (χ3n) is 3.16. The standard InChI is InChI=1S/C15H10ClFN2O3S2/c16-13-11-3-1-2-4-12(11)23-14(13)15(20)18-19-24(21,22)10-7-5-9(17)6-8-10/h1-8,19H,(H,18,20). The van der Waals surface area contributed by atoms with Crippen molar-refractivity contribution >= 4 is 49.0 Å². The molecule has 1 heterocycles. The van der Waals surface area contributed by atoms with Crippen LogP contribution in [0.15, 0.2) is 53.4 Å². The molecule has 3 rings (SSSR count). The van der Waals surface area contributed by atoms with Gasteiger partial charge < -0.3 is 0 Å². The fraction of sp³-hybridized carbons (Fsp3) is 0. The van der Waals surface area contributed by atoms with Gasteiger partial charge in [0.2, 0.25) is 0 Å². The van der Waals surface area contributed by atoms with Crippen LogP contribution in [0.1, 0.15) is 9.67 Å². The first-order chi connectivity index (χ1) is 11.4. The predicted octanol–water partition coefficient (Wildman–Crippen LogP) is 3.32. The minimum absolute atomic E-state index is 0.174. The summed E-state index contributed by atoms with van der Waals surface area (Å²) in [6.07, 6.45) is 0. The number of amides is 1. The largest absolute Gasteiger partial charge is 0.277 e. The molecule has 0 aliphatic heterocycles. The highest BCUT2D eigenvalue weighted by Crippen LogP contribution is 2.34. The van der Waals surface area contributed by atoms with Gasteiger partial charge in [-0.3, -0.25) is 10.2 Å². The molecule has 3 aromatic rings. The zero-order valence-electron chi connectivity index (χ0n) is 11.9. The van der Waals surface area contributed by atoms with Crippen molar-refractivity contribution in [1.82, 2.24) is 10.3 Å². The first kappa shape index (κ1) is 16.8. The van der Waals surface area contributed by atoms with Crippen LogP contribution >= 0.6 is 22.9 Å². The molecule has 1 amide bonds. The summed E-state index contributed by atoms with van der Waals surface area (Å²) >= 11 is 7.32. The van der Waals surface area contributed by atoms with Crippen molar-refractivity contribution in [3.63, 3.8) is 0 Å². The summed E-state index contributed by atoms with van der Waals surface area (Å²) in [5.74, 6) is -1.23. The van der Waals surface area contributed by atoms with Crippen LogP contribution in [0.25, 0.3) is 10.1 Å². The summed E-state index contributed by atoms with van der Waals surface area (Å²) in [6.45, 7) is 0. The van der Waals surface area contributed by atoms with Crippen molar-refractivity contribution in [3.05, 3.63) is 64.2 Å². The first-order valence-electron chi connectivity index (χ1n) is 6.63. The molecule has 0 bridgehead atoms. The Hall–Kier alpha value is -2.00. The van der Waals surface area contributed by atoms with E-state index in [1.54, 1.807) is 12.1 Å². The molecule has 0 aliphatic carbocycles. The molecular formula is C15H10ClFN2O3S2. The first-order valence-corrected chi connectivity index (χ1v) is 9.31. The Labute approximate surface area is 146 Å². The Balaban J connectivity index is 1.79. The fourth-order valence-electron chi connectivity index (χ4n) is 2.00. The Morgan fingerprint density at radius 3 is 2.42 bits per heavy atom. The van der Waals surface area contributed by atoms with Gasteiger partial charge in [0, 0.05) is 10.1 Å². The minimum atomic E-state index is -4.01. The van der Waals surface area contributed by atoms with E-state index in [4.69, 9.17) is 11.6 Å². The molecule has 9 heteroatoms. The number of hydrazine groups is 1. The molecule has 5 nitrogen and oxygen atoms in total. The van der Waals surface area contributed by atoms with Crippen molar-refractivity contribution in [1.29, 1.82) is 0 Å². The third kappa shape index (κ3) is 3.27. The Bertz CT molecular complexity index is 1020. The lowest BCUT2D eigenvalue weighted by molar-refractivity contribution is 0.0949. The maximum Gasteiger partial charge on any atom is 0.277 e. The van der Waals surface area contributed by atoms with Gasteiger partial charge in [-0.2, -0.15) is 0 Å². The van der Waals surface area contributed by atoms with E-state index in [9.17, 15) is 17.6 Å². The second-order valence-electron chi connectivity index (χ2n) is 4.75. The summed E-state index contributed by atoms with van der Waals surface area (Å²) in [5, 5.41) is 0.977. The predicted molar refractivity (Wildman–Crippen MR) is 91.0 cm³/mol. The normalized spacial score (nSPS) is 11.6. The Morgan fingerprint density at radius 1 is 1.08 bits per heavy atom. The molecular weight excluding hydrogens is 375 g/mol. The van der Waals surface area contributed by atoms with E-state index >= 15 is 0 Å². The molecule has 0 saturated heterocycles. The molecule has 2 N–H and O–H groups in total. The van der Waals surface area contributed by atoms with E-state index in [0.29, 0.717) is 0 Å². The number of rotatable bonds is 4. The van der Waals surface area contributed by atoms with Crippen LogP contribution in [-0.2, 0) is 10.0 Å². The summed E-state index contributed by atoms with van der Waals surface area (Å²) in [4.78, 5) is 14.2. The molecule has 0 radical (unpaired) electrons. The highest BCUT2D eigenvalue weighted by molar-refractivity contribution is 7.89. The summed E-state index contributed by atoms with van der Waals surface area (Å²) < 4.78 is 37.8. The number of carbonyl (C=O) groups excluding carboxylic acids is 1. The number of nitrogens with one attached hydrogen (secondary N) is 2. The maximum atomic E-state index is 12.9.